The Bertz CT molecular complexity index is 1350. The van der Waals surface area contributed by atoms with Crippen LogP contribution in [0.2, 0.25) is 0 Å². The van der Waals surface area contributed by atoms with Crippen LogP contribution in [0.25, 0.3) is 0 Å². The fourth-order valence-corrected chi connectivity index (χ4v) is 8.21. The first-order chi connectivity index (χ1) is 34.5. The van der Waals surface area contributed by atoms with Gasteiger partial charge < -0.3 is 14.2 Å². The predicted molar refractivity (Wildman–Crippen MR) is 302 cm³/mol. The highest BCUT2D eigenvalue weighted by Gasteiger charge is 2.19. The number of unbranched alkanes of at least 4 members (excludes halogenated alkanes) is 28. The zero-order valence-corrected chi connectivity index (χ0v) is 46.0. The number of ether oxygens (including phenoxy) is 3. The van der Waals surface area contributed by atoms with E-state index in [-0.39, 0.29) is 31.1 Å². The fourth-order valence-electron chi connectivity index (χ4n) is 8.21. The lowest BCUT2D eigenvalue weighted by atomic mass is 10.1. The molecule has 0 saturated heterocycles. The largest absolute Gasteiger partial charge is 0.462 e. The quantitative estimate of drug-likeness (QED) is 0.0261. The van der Waals surface area contributed by atoms with Gasteiger partial charge in [-0.2, -0.15) is 0 Å². The van der Waals surface area contributed by atoms with Crippen molar-refractivity contribution in [3.8, 4) is 0 Å². The second-order valence-corrected chi connectivity index (χ2v) is 19.5. The number of hydrogen-bond acceptors (Lipinski definition) is 6. The average Bonchev–Trinajstić information content (AvgIpc) is 3.36. The lowest BCUT2D eigenvalue weighted by Gasteiger charge is -2.18. The van der Waals surface area contributed by atoms with E-state index in [0.717, 1.165) is 109 Å². The molecule has 0 aromatic carbocycles. The molecule has 0 saturated carbocycles. The maximum atomic E-state index is 12.8. The van der Waals surface area contributed by atoms with Crippen LogP contribution in [0.15, 0.2) is 85.1 Å². The van der Waals surface area contributed by atoms with Gasteiger partial charge in [-0.1, -0.05) is 254 Å². The van der Waals surface area contributed by atoms with E-state index in [1.807, 2.05) is 0 Å². The van der Waals surface area contributed by atoms with Crippen molar-refractivity contribution in [1.29, 1.82) is 0 Å². The van der Waals surface area contributed by atoms with Crippen LogP contribution in [0, 0.1) is 0 Å². The molecular weight excluding hydrogens is 865 g/mol. The molecule has 0 heterocycles. The van der Waals surface area contributed by atoms with Gasteiger partial charge >= 0.3 is 17.9 Å². The van der Waals surface area contributed by atoms with Crippen molar-refractivity contribution in [1.82, 2.24) is 0 Å². The van der Waals surface area contributed by atoms with E-state index in [9.17, 15) is 14.4 Å². The summed E-state index contributed by atoms with van der Waals surface area (Å²) in [7, 11) is 0. The average molecular weight is 976 g/mol. The minimum Gasteiger partial charge on any atom is -0.462 e. The van der Waals surface area contributed by atoms with Crippen LogP contribution in [-0.4, -0.2) is 37.2 Å². The first-order valence-corrected chi connectivity index (χ1v) is 29.6. The van der Waals surface area contributed by atoms with Crippen molar-refractivity contribution in [3.05, 3.63) is 85.1 Å². The first kappa shape index (κ1) is 66.6. The van der Waals surface area contributed by atoms with E-state index in [4.69, 9.17) is 14.2 Å². The summed E-state index contributed by atoms with van der Waals surface area (Å²) in [5, 5.41) is 0. The van der Waals surface area contributed by atoms with Gasteiger partial charge in [0.25, 0.3) is 0 Å². The van der Waals surface area contributed by atoms with Crippen LogP contribution in [0.4, 0.5) is 0 Å². The smallest absolute Gasteiger partial charge is 0.306 e. The topological polar surface area (TPSA) is 78.9 Å². The Labute approximate surface area is 433 Å². The summed E-state index contributed by atoms with van der Waals surface area (Å²) >= 11 is 0. The number of rotatable bonds is 53. The zero-order chi connectivity index (χ0) is 50.7. The van der Waals surface area contributed by atoms with E-state index in [2.05, 4.69) is 106 Å². The third-order valence-electron chi connectivity index (χ3n) is 12.6. The Balaban J connectivity index is 4.18. The Morgan fingerprint density at radius 2 is 0.557 bits per heavy atom. The highest BCUT2D eigenvalue weighted by molar-refractivity contribution is 5.71. The SMILES string of the molecule is CC/C=C\C/C=C\C/C=C\C/C=C\C/C=C\C/C=C\CCCCCCCCC(=O)OCC(COC(=O)CCCCCCCC)OC(=O)CCCCCCCCCCC/C=C\CCCCCCCCCC. The van der Waals surface area contributed by atoms with Gasteiger partial charge in [-0.25, -0.2) is 0 Å². The lowest BCUT2D eigenvalue weighted by Crippen LogP contribution is -2.30. The summed E-state index contributed by atoms with van der Waals surface area (Å²) in [4.78, 5) is 37.9. The van der Waals surface area contributed by atoms with Crippen LogP contribution in [0.5, 0.6) is 0 Å². The molecular formula is C64H110O6. The van der Waals surface area contributed by atoms with Gasteiger partial charge in [-0.05, 0) is 96.3 Å². The summed E-state index contributed by atoms with van der Waals surface area (Å²) in [5.74, 6) is -0.902. The van der Waals surface area contributed by atoms with E-state index < -0.39 is 6.10 Å². The summed E-state index contributed by atoms with van der Waals surface area (Å²) in [6.07, 6.45) is 76.1. The Hall–Kier alpha value is -3.41. The van der Waals surface area contributed by atoms with Gasteiger partial charge in [-0.15, -0.1) is 0 Å². The van der Waals surface area contributed by atoms with Gasteiger partial charge in [-0.3, -0.25) is 14.4 Å². The molecule has 0 amide bonds. The Morgan fingerprint density at radius 3 is 0.886 bits per heavy atom. The minimum absolute atomic E-state index is 0.0815. The zero-order valence-electron chi connectivity index (χ0n) is 46.0. The molecule has 0 aliphatic heterocycles. The summed E-state index contributed by atoms with van der Waals surface area (Å²) in [6.45, 7) is 6.47. The van der Waals surface area contributed by atoms with E-state index in [1.54, 1.807) is 0 Å². The Morgan fingerprint density at radius 1 is 0.300 bits per heavy atom. The molecule has 0 spiro atoms. The van der Waals surface area contributed by atoms with Gasteiger partial charge in [0.2, 0.25) is 0 Å². The molecule has 0 rings (SSSR count). The maximum absolute atomic E-state index is 12.8. The van der Waals surface area contributed by atoms with Gasteiger partial charge in [0.15, 0.2) is 6.10 Å². The molecule has 0 aromatic heterocycles. The molecule has 0 aliphatic rings. The summed E-state index contributed by atoms with van der Waals surface area (Å²) in [6, 6.07) is 0. The fraction of sp³-hybridized carbons (Fsp3) is 0.734. The summed E-state index contributed by atoms with van der Waals surface area (Å²) < 4.78 is 16.8. The number of carbonyl (C=O) groups excluding carboxylic acids is 3. The molecule has 0 N–H and O–H groups in total. The Kier molecular flexibility index (Phi) is 55.3. The van der Waals surface area contributed by atoms with Gasteiger partial charge in [0, 0.05) is 19.3 Å². The van der Waals surface area contributed by atoms with E-state index in [0.29, 0.717) is 19.3 Å². The van der Waals surface area contributed by atoms with Crippen LogP contribution >= 0.6 is 0 Å². The van der Waals surface area contributed by atoms with E-state index >= 15 is 0 Å². The van der Waals surface area contributed by atoms with Crippen molar-refractivity contribution in [2.75, 3.05) is 13.2 Å². The molecule has 0 fully saturated rings. The second kappa shape index (κ2) is 58.2. The van der Waals surface area contributed by atoms with Crippen molar-refractivity contribution < 1.29 is 28.6 Å². The highest BCUT2D eigenvalue weighted by Crippen LogP contribution is 2.15. The second-order valence-electron chi connectivity index (χ2n) is 19.5. The number of allylic oxidation sites excluding steroid dienone is 14. The molecule has 70 heavy (non-hydrogen) atoms. The van der Waals surface area contributed by atoms with Crippen molar-refractivity contribution in [2.45, 2.75) is 290 Å². The highest BCUT2D eigenvalue weighted by atomic mass is 16.6. The molecule has 6 heteroatoms. The predicted octanol–water partition coefficient (Wildman–Crippen LogP) is 19.9. The van der Waals surface area contributed by atoms with Crippen LogP contribution in [0.3, 0.4) is 0 Å². The molecule has 0 aromatic rings. The van der Waals surface area contributed by atoms with Crippen molar-refractivity contribution in [3.63, 3.8) is 0 Å². The minimum atomic E-state index is -0.781. The van der Waals surface area contributed by atoms with Gasteiger partial charge in [0.05, 0.1) is 0 Å². The molecule has 1 unspecified atom stereocenters. The number of carbonyl (C=O) groups is 3. The molecule has 0 aliphatic carbocycles. The van der Waals surface area contributed by atoms with Crippen LogP contribution in [-0.2, 0) is 28.6 Å². The maximum Gasteiger partial charge on any atom is 0.306 e. The van der Waals surface area contributed by atoms with E-state index in [1.165, 1.54) is 135 Å². The lowest BCUT2D eigenvalue weighted by molar-refractivity contribution is -0.167. The van der Waals surface area contributed by atoms with Crippen molar-refractivity contribution in [2.24, 2.45) is 0 Å². The molecule has 1 atom stereocenters. The normalized spacial score (nSPS) is 12.7. The molecule has 0 bridgehead atoms. The summed E-state index contributed by atoms with van der Waals surface area (Å²) in [5.41, 5.74) is 0. The van der Waals surface area contributed by atoms with Crippen LogP contribution in [0.1, 0.15) is 284 Å². The molecule has 402 valence electrons. The third-order valence-corrected chi connectivity index (χ3v) is 12.6. The molecule has 0 radical (unpaired) electrons. The van der Waals surface area contributed by atoms with Gasteiger partial charge in [0.1, 0.15) is 13.2 Å². The standard InChI is InChI=1S/C64H110O6/c1-4-7-10-13-16-18-20-22-24-26-28-30-31-32-33-35-36-38-40-42-44-46-48-51-54-57-63(66)69-60-61(59-68-62(65)56-53-50-15-12-9-6-3)70-64(67)58-55-52-49-47-45-43-41-39-37-34-29-27-25-23-21-19-17-14-11-8-5-2/h7,10,16,18,22,24,27-30,32-33,36,38,61H,4-6,8-9,11-15,17,19-21,23,25-26,31,34-35,37,39-60H2,1-3H3/b10-7-,18-16-,24-22-,29-27-,30-28-,33-32-,38-36-. The van der Waals surface area contributed by atoms with Crippen LogP contribution < -0.4 is 0 Å². The molecule has 6 nitrogen and oxygen atoms in total. The first-order valence-electron chi connectivity index (χ1n) is 29.6. The third kappa shape index (κ3) is 55.5. The number of hydrogen-bond donors (Lipinski definition) is 0. The van der Waals surface area contributed by atoms with Crippen molar-refractivity contribution >= 4 is 17.9 Å². The monoisotopic (exact) mass is 975 g/mol. The number of esters is 3.